The van der Waals surface area contributed by atoms with Crippen LogP contribution in [0, 0.1) is 0 Å². The second-order valence-corrected chi connectivity index (χ2v) is 5.16. The lowest BCUT2D eigenvalue weighted by Crippen LogP contribution is -2.42. The van der Waals surface area contributed by atoms with Crippen LogP contribution in [0.1, 0.15) is 17.4 Å². The summed E-state index contributed by atoms with van der Waals surface area (Å²) in [7, 11) is 3.14. The number of rotatable bonds is 7. The number of likely N-dealkylation sites (N-methyl/N-ethyl adjacent to an activating group) is 2. The van der Waals surface area contributed by atoms with Crippen LogP contribution in [0.2, 0.25) is 0 Å². The van der Waals surface area contributed by atoms with E-state index in [1.807, 2.05) is 42.5 Å². The number of carbonyl (C=O) groups excluding carboxylic acids is 2. The number of hydrogen-bond donors (Lipinski definition) is 2. The fraction of sp³-hybridized carbons (Fsp3) is 0.294. The number of benzene rings is 1. The summed E-state index contributed by atoms with van der Waals surface area (Å²) in [6.45, 7) is 0.140. The average molecular weight is 315 g/mol. The van der Waals surface area contributed by atoms with Crippen LogP contribution in [0.4, 0.5) is 0 Å². The molecule has 122 valence electrons. The summed E-state index contributed by atoms with van der Waals surface area (Å²) in [6.07, 6.45) is 1.60. The molecular formula is C17H21N3O3. The minimum absolute atomic E-state index is 0.0355. The molecule has 1 atom stereocenters. The highest BCUT2D eigenvalue weighted by molar-refractivity contribution is 5.85. The van der Waals surface area contributed by atoms with Crippen molar-refractivity contribution in [2.75, 3.05) is 27.2 Å². The van der Waals surface area contributed by atoms with Gasteiger partial charge in [-0.2, -0.15) is 0 Å². The Morgan fingerprint density at radius 1 is 1.17 bits per heavy atom. The fourth-order valence-corrected chi connectivity index (χ4v) is 2.19. The van der Waals surface area contributed by atoms with Crippen molar-refractivity contribution in [3.05, 3.63) is 60.1 Å². The van der Waals surface area contributed by atoms with Crippen LogP contribution < -0.4 is 10.6 Å². The number of amides is 2. The Balaban J connectivity index is 2.02. The topological polar surface area (TPSA) is 74.6 Å². The van der Waals surface area contributed by atoms with Crippen molar-refractivity contribution in [1.29, 1.82) is 0 Å². The molecule has 23 heavy (non-hydrogen) atoms. The van der Waals surface area contributed by atoms with Gasteiger partial charge in [-0.15, -0.1) is 0 Å². The van der Waals surface area contributed by atoms with Crippen molar-refractivity contribution in [2.24, 2.45) is 0 Å². The van der Waals surface area contributed by atoms with Gasteiger partial charge in [0, 0.05) is 14.1 Å². The molecule has 0 spiro atoms. The second-order valence-electron chi connectivity index (χ2n) is 5.16. The molecule has 0 radical (unpaired) electrons. The first-order chi connectivity index (χ1) is 11.1. The van der Waals surface area contributed by atoms with Gasteiger partial charge >= 0.3 is 0 Å². The third kappa shape index (κ3) is 4.69. The lowest BCUT2D eigenvalue weighted by molar-refractivity contribution is -0.133. The maximum absolute atomic E-state index is 12.2. The molecule has 0 fully saturated rings. The van der Waals surface area contributed by atoms with Crippen molar-refractivity contribution < 1.29 is 14.0 Å². The van der Waals surface area contributed by atoms with Crippen LogP contribution in [0.5, 0.6) is 0 Å². The van der Waals surface area contributed by atoms with Gasteiger partial charge in [0.05, 0.1) is 25.4 Å². The molecule has 0 saturated carbocycles. The largest absolute Gasteiger partial charge is 0.467 e. The summed E-state index contributed by atoms with van der Waals surface area (Å²) in [5, 5.41) is 5.69. The van der Waals surface area contributed by atoms with E-state index >= 15 is 0 Å². The molecule has 2 N–H and O–H groups in total. The van der Waals surface area contributed by atoms with Crippen LogP contribution in [0.25, 0.3) is 0 Å². The minimum Gasteiger partial charge on any atom is -0.467 e. The second kappa shape index (κ2) is 8.14. The third-order valence-electron chi connectivity index (χ3n) is 3.50. The lowest BCUT2D eigenvalue weighted by Gasteiger charge is -2.20. The Morgan fingerprint density at radius 3 is 2.52 bits per heavy atom. The standard InChI is InChI=1S/C17H21N3O3/c1-18-15(21)12-20(2)16(22)11-19-17(14-9-6-10-23-14)13-7-4-3-5-8-13/h3-10,17,19H,11-12H2,1-2H3,(H,18,21)/t17-/m0/s1. The van der Waals surface area contributed by atoms with Crippen LogP contribution >= 0.6 is 0 Å². The van der Waals surface area contributed by atoms with Crippen molar-refractivity contribution in [1.82, 2.24) is 15.5 Å². The molecule has 0 saturated heterocycles. The quantitative estimate of drug-likeness (QED) is 0.804. The molecule has 1 aromatic carbocycles. The van der Waals surface area contributed by atoms with Gasteiger partial charge in [-0.1, -0.05) is 30.3 Å². The first-order valence-electron chi connectivity index (χ1n) is 7.38. The highest BCUT2D eigenvalue weighted by atomic mass is 16.3. The molecule has 2 amide bonds. The lowest BCUT2D eigenvalue weighted by atomic mass is 10.0. The highest BCUT2D eigenvalue weighted by Crippen LogP contribution is 2.21. The molecule has 0 aliphatic carbocycles. The van der Waals surface area contributed by atoms with Crippen LogP contribution in [-0.2, 0) is 9.59 Å². The van der Waals surface area contributed by atoms with Gasteiger partial charge in [0.2, 0.25) is 11.8 Å². The Bertz CT molecular complexity index is 626. The third-order valence-corrected chi connectivity index (χ3v) is 3.50. The minimum atomic E-state index is -0.219. The van der Waals surface area contributed by atoms with Gasteiger partial charge in [-0.25, -0.2) is 0 Å². The van der Waals surface area contributed by atoms with Crippen molar-refractivity contribution in [2.45, 2.75) is 6.04 Å². The van der Waals surface area contributed by atoms with Gasteiger partial charge in [0.15, 0.2) is 0 Å². The van der Waals surface area contributed by atoms with Crippen molar-refractivity contribution in [3.8, 4) is 0 Å². The molecule has 2 aromatic rings. The van der Waals surface area contributed by atoms with Crippen molar-refractivity contribution in [3.63, 3.8) is 0 Å². The number of nitrogens with one attached hydrogen (secondary N) is 2. The monoisotopic (exact) mass is 315 g/mol. The average Bonchev–Trinajstić information content (AvgIpc) is 3.10. The van der Waals surface area contributed by atoms with E-state index in [2.05, 4.69) is 10.6 Å². The highest BCUT2D eigenvalue weighted by Gasteiger charge is 2.19. The summed E-state index contributed by atoms with van der Waals surface area (Å²) >= 11 is 0. The number of furan rings is 1. The fourth-order valence-electron chi connectivity index (χ4n) is 2.19. The van der Waals surface area contributed by atoms with Crippen LogP contribution in [0.15, 0.2) is 53.1 Å². The summed E-state index contributed by atoms with van der Waals surface area (Å²) < 4.78 is 5.47. The Morgan fingerprint density at radius 2 is 1.91 bits per heavy atom. The zero-order valence-corrected chi connectivity index (χ0v) is 13.3. The van der Waals surface area contributed by atoms with E-state index in [-0.39, 0.29) is 30.9 Å². The van der Waals surface area contributed by atoms with Crippen molar-refractivity contribution >= 4 is 11.8 Å². The Labute approximate surface area is 135 Å². The summed E-state index contributed by atoms with van der Waals surface area (Å²) in [5.41, 5.74) is 1.00. The zero-order chi connectivity index (χ0) is 16.7. The molecule has 0 aliphatic rings. The van der Waals surface area contributed by atoms with E-state index in [0.29, 0.717) is 0 Å². The molecule has 2 rings (SSSR count). The zero-order valence-electron chi connectivity index (χ0n) is 13.3. The van der Waals surface area contributed by atoms with E-state index in [4.69, 9.17) is 4.42 Å². The maximum atomic E-state index is 12.2. The predicted octanol–water partition coefficient (Wildman–Crippen LogP) is 1.16. The van der Waals surface area contributed by atoms with E-state index in [1.165, 1.54) is 4.90 Å². The molecule has 0 bridgehead atoms. The van der Waals surface area contributed by atoms with E-state index in [1.54, 1.807) is 20.4 Å². The Kier molecular flexibility index (Phi) is 5.94. The first-order valence-corrected chi connectivity index (χ1v) is 7.38. The van der Waals surface area contributed by atoms with E-state index in [0.717, 1.165) is 11.3 Å². The maximum Gasteiger partial charge on any atom is 0.239 e. The summed E-state index contributed by atoms with van der Waals surface area (Å²) in [5.74, 6) is 0.366. The first kappa shape index (κ1) is 16.8. The van der Waals surface area contributed by atoms with Gasteiger partial charge < -0.3 is 14.6 Å². The molecule has 0 aliphatic heterocycles. The normalized spacial score (nSPS) is 11.7. The van der Waals surface area contributed by atoms with Crippen LogP contribution in [-0.4, -0.2) is 43.9 Å². The number of carbonyl (C=O) groups is 2. The number of hydrogen-bond acceptors (Lipinski definition) is 4. The SMILES string of the molecule is CNC(=O)CN(C)C(=O)CN[C@@H](c1ccccc1)c1ccco1. The molecule has 6 nitrogen and oxygen atoms in total. The van der Waals surface area contributed by atoms with Gasteiger partial charge in [-0.3, -0.25) is 14.9 Å². The van der Waals surface area contributed by atoms with E-state index in [9.17, 15) is 9.59 Å². The van der Waals surface area contributed by atoms with Gasteiger partial charge in [0.25, 0.3) is 0 Å². The van der Waals surface area contributed by atoms with E-state index < -0.39 is 0 Å². The molecule has 0 unspecified atom stereocenters. The predicted molar refractivity (Wildman–Crippen MR) is 86.7 cm³/mol. The molecule has 6 heteroatoms. The van der Waals surface area contributed by atoms with Gasteiger partial charge in [-0.05, 0) is 17.7 Å². The smallest absolute Gasteiger partial charge is 0.239 e. The molecule has 1 aromatic heterocycles. The number of nitrogens with zero attached hydrogens (tertiary/aromatic N) is 1. The molecule has 1 heterocycles. The van der Waals surface area contributed by atoms with Crippen LogP contribution in [0.3, 0.4) is 0 Å². The summed E-state index contributed by atoms with van der Waals surface area (Å²) in [4.78, 5) is 24.9. The Hall–Kier alpha value is -2.60. The van der Waals surface area contributed by atoms with Gasteiger partial charge in [0.1, 0.15) is 5.76 Å². The summed E-state index contributed by atoms with van der Waals surface area (Å²) in [6, 6.07) is 13.2. The molecular weight excluding hydrogens is 294 g/mol.